The number of anilines is 3. The highest BCUT2D eigenvalue weighted by molar-refractivity contribution is 5.60. The minimum absolute atomic E-state index is 0.201. The molecule has 130 valence electrons. The van der Waals surface area contributed by atoms with Gasteiger partial charge in [-0.1, -0.05) is 24.3 Å². The minimum atomic E-state index is -0.201. The zero-order chi connectivity index (χ0) is 18.4. The molecule has 6 heteroatoms. The van der Waals surface area contributed by atoms with Crippen molar-refractivity contribution < 1.29 is 4.39 Å². The van der Waals surface area contributed by atoms with Gasteiger partial charge in [-0.25, -0.2) is 14.4 Å². The van der Waals surface area contributed by atoms with E-state index < -0.39 is 0 Å². The van der Waals surface area contributed by atoms with E-state index in [1.54, 1.807) is 37.3 Å². The molecule has 0 aliphatic heterocycles. The third kappa shape index (κ3) is 4.54. The molecule has 0 atom stereocenters. The number of nitriles is 1. The summed E-state index contributed by atoms with van der Waals surface area (Å²) < 4.78 is 13.7. The Morgan fingerprint density at radius 3 is 2.65 bits per heavy atom. The van der Waals surface area contributed by atoms with Crippen LogP contribution in [0.25, 0.3) is 0 Å². The molecule has 5 nitrogen and oxygen atoms in total. The molecule has 26 heavy (non-hydrogen) atoms. The molecule has 0 aliphatic rings. The summed E-state index contributed by atoms with van der Waals surface area (Å²) in [6.45, 7) is 2.36. The van der Waals surface area contributed by atoms with Crippen LogP contribution in [0.4, 0.5) is 21.7 Å². The molecular formula is C20H18FN5. The zero-order valence-electron chi connectivity index (χ0n) is 14.3. The predicted molar refractivity (Wildman–Crippen MR) is 99.8 cm³/mol. The average Bonchev–Trinajstić information content (AvgIpc) is 2.63. The second kappa shape index (κ2) is 8.08. The van der Waals surface area contributed by atoms with Crippen molar-refractivity contribution in [3.63, 3.8) is 0 Å². The lowest BCUT2D eigenvalue weighted by Crippen LogP contribution is -2.09. The van der Waals surface area contributed by atoms with E-state index >= 15 is 0 Å². The number of benzene rings is 2. The van der Waals surface area contributed by atoms with Crippen LogP contribution in [-0.2, 0) is 6.42 Å². The molecule has 0 fully saturated rings. The number of hydrogen-bond acceptors (Lipinski definition) is 5. The second-order valence-electron chi connectivity index (χ2n) is 5.77. The number of rotatable bonds is 6. The number of aryl methyl sites for hydroxylation is 1. The summed E-state index contributed by atoms with van der Waals surface area (Å²) in [5, 5.41) is 15.4. The number of aromatic nitrogens is 2. The van der Waals surface area contributed by atoms with E-state index in [4.69, 9.17) is 5.26 Å². The molecule has 0 aliphatic carbocycles. The topological polar surface area (TPSA) is 73.6 Å². The van der Waals surface area contributed by atoms with Crippen LogP contribution < -0.4 is 10.6 Å². The first-order valence-electron chi connectivity index (χ1n) is 8.24. The lowest BCUT2D eigenvalue weighted by molar-refractivity contribution is 0.610. The van der Waals surface area contributed by atoms with Crippen LogP contribution in [0, 0.1) is 24.1 Å². The molecule has 3 rings (SSSR count). The molecule has 0 spiro atoms. The molecular weight excluding hydrogens is 329 g/mol. The van der Waals surface area contributed by atoms with Gasteiger partial charge in [0, 0.05) is 18.3 Å². The van der Waals surface area contributed by atoms with Crippen molar-refractivity contribution in [2.75, 3.05) is 17.2 Å². The van der Waals surface area contributed by atoms with Gasteiger partial charge in [0.05, 0.1) is 11.6 Å². The molecule has 0 saturated heterocycles. The van der Waals surface area contributed by atoms with Gasteiger partial charge in [0.25, 0.3) is 0 Å². The first kappa shape index (κ1) is 17.4. The highest BCUT2D eigenvalue weighted by Gasteiger charge is 2.05. The highest BCUT2D eigenvalue weighted by atomic mass is 19.1. The van der Waals surface area contributed by atoms with Gasteiger partial charge in [-0.2, -0.15) is 5.26 Å². The lowest BCUT2D eigenvalue weighted by Gasteiger charge is -2.11. The van der Waals surface area contributed by atoms with Crippen LogP contribution in [0.5, 0.6) is 0 Å². The number of nitrogens with one attached hydrogen (secondary N) is 2. The fourth-order valence-electron chi connectivity index (χ4n) is 2.56. The smallest absolute Gasteiger partial charge is 0.136 e. The van der Waals surface area contributed by atoms with E-state index in [9.17, 15) is 4.39 Å². The Hall–Kier alpha value is -3.46. The lowest BCUT2D eigenvalue weighted by atomic mass is 10.1. The Morgan fingerprint density at radius 2 is 1.85 bits per heavy atom. The summed E-state index contributed by atoms with van der Waals surface area (Å²) in [6, 6.07) is 17.8. The molecule has 0 unspecified atom stereocenters. The molecule has 2 aromatic carbocycles. The largest absolute Gasteiger partial charge is 0.370 e. The quantitative estimate of drug-likeness (QED) is 0.699. The van der Waals surface area contributed by atoms with Crippen LogP contribution in [0.3, 0.4) is 0 Å². The van der Waals surface area contributed by atoms with E-state index in [-0.39, 0.29) is 5.82 Å². The fraction of sp³-hybridized carbons (Fsp3) is 0.150. The fourth-order valence-corrected chi connectivity index (χ4v) is 2.56. The van der Waals surface area contributed by atoms with E-state index in [1.807, 2.05) is 18.2 Å². The molecule has 1 heterocycles. The van der Waals surface area contributed by atoms with Crippen molar-refractivity contribution in [1.29, 1.82) is 5.26 Å². The number of nitrogens with zero attached hydrogens (tertiary/aromatic N) is 3. The summed E-state index contributed by atoms with van der Waals surface area (Å²) in [7, 11) is 0. The number of halogens is 1. The van der Waals surface area contributed by atoms with Gasteiger partial charge in [0.15, 0.2) is 0 Å². The van der Waals surface area contributed by atoms with Gasteiger partial charge in [0.2, 0.25) is 0 Å². The summed E-state index contributed by atoms with van der Waals surface area (Å²) >= 11 is 0. The van der Waals surface area contributed by atoms with E-state index in [1.165, 1.54) is 6.07 Å². The van der Waals surface area contributed by atoms with Crippen LogP contribution in [-0.4, -0.2) is 16.5 Å². The summed E-state index contributed by atoms with van der Waals surface area (Å²) in [5.74, 6) is 1.70. The maximum Gasteiger partial charge on any atom is 0.136 e. The molecule has 3 aromatic rings. The Morgan fingerprint density at radius 1 is 1.04 bits per heavy atom. The van der Waals surface area contributed by atoms with Crippen molar-refractivity contribution in [2.24, 2.45) is 0 Å². The van der Waals surface area contributed by atoms with Gasteiger partial charge >= 0.3 is 0 Å². The Bertz CT molecular complexity index is 949. The maximum atomic E-state index is 13.7. The molecule has 0 amide bonds. The van der Waals surface area contributed by atoms with E-state index in [2.05, 4.69) is 26.7 Å². The summed E-state index contributed by atoms with van der Waals surface area (Å²) in [5.41, 5.74) is 2.01. The van der Waals surface area contributed by atoms with Gasteiger partial charge in [0.1, 0.15) is 23.3 Å². The third-order valence-corrected chi connectivity index (χ3v) is 3.76. The Kier molecular flexibility index (Phi) is 5.40. The van der Waals surface area contributed by atoms with Gasteiger partial charge in [-0.3, -0.25) is 0 Å². The summed E-state index contributed by atoms with van der Waals surface area (Å²) in [4.78, 5) is 8.71. The first-order chi connectivity index (χ1) is 12.6. The average molecular weight is 347 g/mol. The van der Waals surface area contributed by atoms with E-state index in [0.29, 0.717) is 41.6 Å². The van der Waals surface area contributed by atoms with Crippen molar-refractivity contribution in [2.45, 2.75) is 13.3 Å². The van der Waals surface area contributed by atoms with Gasteiger partial charge in [-0.05, 0) is 43.2 Å². The van der Waals surface area contributed by atoms with Crippen molar-refractivity contribution in [3.05, 3.63) is 77.4 Å². The van der Waals surface area contributed by atoms with Crippen molar-refractivity contribution >= 4 is 17.3 Å². The molecule has 2 N–H and O–H groups in total. The molecule has 0 radical (unpaired) electrons. The monoisotopic (exact) mass is 347 g/mol. The zero-order valence-corrected chi connectivity index (χ0v) is 14.3. The Balaban J connectivity index is 1.67. The minimum Gasteiger partial charge on any atom is -0.370 e. The van der Waals surface area contributed by atoms with Gasteiger partial charge in [-0.15, -0.1) is 0 Å². The first-order valence-corrected chi connectivity index (χ1v) is 8.24. The van der Waals surface area contributed by atoms with Crippen LogP contribution >= 0.6 is 0 Å². The maximum absolute atomic E-state index is 13.7. The van der Waals surface area contributed by atoms with Crippen molar-refractivity contribution in [1.82, 2.24) is 9.97 Å². The molecule has 0 saturated carbocycles. The molecule has 1 aromatic heterocycles. The third-order valence-electron chi connectivity index (χ3n) is 3.76. The summed E-state index contributed by atoms with van der Waals surface area (Å²) in [6.07, 6.45) is 0.558. The van der Waals surface area contributed by atoms with Crippen LogP contribution in [0.2, 0.25) is 0 Å². The normalized spacial score (nSPS) is 10.2. The van der Waals surface area contributed by atoms with E-state index in [0.717, 1.165) is 5.69 Å². The predicted octanol–water partition coefficient (Wildman–Crippen LogP) is 4.19. The Labute approximate surface area is 151 Å². The highest BCUT2D eigenvalue weighted by Crippen LogP contribution is 2.18. The van der Waals surface area contributed by atoms with Crippen molar-refractivity contribution in [3.8, 4) is 6.07 Å². The van der Waals surface area contributed by atoms with Crippen LogP contribution in [0.1, 0.15) is 17.0 Å². The second-order valence-corrected chi connectivity index (χ2v) is 5.77. The standard InChI is InChI=1S/C20H18FN5/c1-14-24-19(23-10-9-16-6-2-3-8-18(16)21)12-20(25-14)26-17-7-4-5-15(11-17)13-22/h2-8,11-12H,9-10H2,1H3,(H2,23,24,25,26). The van der Waals surface area contributed by atoms with Gasteiger partial charge < -0.3 is 10.6 Å². The van der Waals surface area contributed by atoms with Crippen LogP contribution in [0.15, 0.2) is 54.6 Å². The number of hydrogen-bond donors (Lipinski definition) is 2. The molecule has 0 bridgehead atoms. The SMILES string of the molecule is Cc1nc(NCCc2ccccc2F)cc(Nc2cccc(C#N)c2)n1.